The number of allylic oxidation sites excluding steroid dienone is 4. The van der Waals surface area contributed by atoms with Crippen molar-refractivity contribution in [2.24, 2.45) is 11.8 Å². The topological polar surface area (TPSA) is 0 Å². The van der Waals surface area contributed by atoms with Crippen molar-refractivity contribution in [2.45, 2.75) is 33.6 Å². The van der Waals surface area contributed by atoms with Crippen LogP contribution in [0, 0.1) is 18.8 Å². The lowest BCUT2D eigenvalue weighted by molar-refractivity contribution is 0.465. The lowest BCUT2D eigenvalue weighted by Gasteiger charge is -2.13. The van der Waals surface area contributed by atoms with E-state index in [9.17, 15) is 0 Å². The van der Waals surface area contributed by atoms with Gasteiger partial charge in [0.15, 0.2) is 0 Å². The van der Waals surface area contributed by atoms with E-state index in [1.54, 1.807) is 0 Å². The van der Waals surface area contributed by atoms with Gasteiger partial charge in [-0.25, -0.2) is 0 Å². The van der Waals surface area contributed by atoms with Crippen LogP contribution in [0.1, 0.15) is 33.6 Å². The molecule has 1 radical (unpaired) electrons. The first-order chi connectivity index (χ1) is 5.72. The Hall–Kier alpha value is -0.520. The van der Waals surface area contributed by atoms with Gasteiger partial charge in [-0.3, -0.25) is 0 Å². The molecule has 0 aliphatic heterocycles. The average molecular weight is 165 g/mol. The highest BCUT2D eigenvalue weighted by Crippen LogP contribution is 2.16. The highest BCUT2D eigenvalue weighted by atomic mass is 14.1. The van der Waals surface area contributed by atoms with Crippen molar-refractivity contribution in [3.05, 3.63) is 31.2 Å². The second kappa shape index (κ2) is 7.15. The molecule has 0 fully saturated rings. The smallest absolute Gasteiger partial charge is 0.0233 e. The fourth-order valence-electron chi connectivity index (χ4n) is 1.07. The van der Waals surface area contributed by atoms with E-state index in [-0.39, 0.29) is 0 Å². The summed E-state index contributed by atoms with van der Waals surface area (Å²) in [5.74, 6) is 1.41. The predicted molar refractivity (Wildman–Crippen MR) is 56.9 cm³/mol. The zero-order valence-electron chi connectivity index (χ0n) is 8.59. The Kier molecular flexibility index (Phi) is 6.84. The van der Waals surface area contributed by atoms with Crippen molar-refractivity contribution in [3.63, 3.8) is 0 Å². The van der Waals surface area contributed by atoms with E-state index in [0.29, 0.717) is 5.92 Å². The van der Waals surface area contributed by atoms with Crippen LogP contribution in [0.15, 0.2) is 24.3 Å². The molecule has 69 valence electrons. The van der Waals surface area contributed by atoms with E-state index in [0.717, 1.165) is 12.3 Å². The lowest BCUT2D eigenvalue weighted by atomic mass is 9.92. The summed E-state index contributed by atoms with van der Waals surface area (Å²) in [6.45, 7) is 10.4. The molecule has 0 aromatic heterocycles. The van der Waals surface area contributed by atoms with Crippen LogP contribution in [0.25, 0.3) is 0 Å². The van der Waals surface area contributed by atoms with E-state index in [1.807, 2.05) is 0 Å². The molecular formula is C12H21. The van der Waals surface area contributed by atoms with Crippen molar-refractivity contribution in [1.29, 1.82) is 0 Å². The van der Waals surface area contributed by atoms with Gasteiger partial charge in [0.2, 0.25) is 0 Å². The third-order valence-corrected chi connectivity index (χ3v) is 2.25. The summed E-state index contributed by atoms with van der Waals surface area (Å²) in [7, 11) is 0. The van der Waals surface area contributed by atoms with Crippen molar-refractivity contribution in [2.75, 3.05) is 0 Å². The quantitative estimate of drug-likeness (QED) is 0.540. The summed E-state index contributed by atoms with van der Waals surface area (Å²) in [5, 5.41) is 0. The highest BCUT2D eigenvalue weighted by Gasteiger charge is 2.05. The minimum Gasteiger partial charge on any atom is -0.0917 e. The van der Waals surface area contributed by atoms with Gasteiger partial charge in [0, 0.05) is 0 Å². The monoisotopic (exact) mass is 165 g/mol. The number of hydrogen-bond acceptors (Lipinski definition) is 0. The van der Waals surface area contributed by atoms with Gasteiger partial charge < -0.3 is 0 Å². The molecule has 0 N–H and O–H groups in total. The molecular weight excluding hydrogens is 144 g/mol. The molecule has 0 nitrogen and oxygen atoms in total. The van der Waals surface area contributed by atoms with E-state index < -0.39 is 0 Å². The van der Waals surface area contributed by atoms with Crippen molar-refractivity contribution < 1.29 is 0 Å². The minimum atomic E-state index is 0.669. The third-order valence-electron chi connectivity index (χ3n) is 2.25. The van der Waals surface area contributed by atoms with Gasteiger partial charge in [-0.05, 0) is 38.5 Å². The molecule has 0 aromatic carbocycles. The van der Waals surface area contributed by atoms with E-state index in [4.69, 9.17) is 0 Å². The summed E-state index contributed by atoms with van der Waals surface area (Å²) in [4.78, 5) is 0. The van der Waals surface area contributed by atoms with Crippen molar-refractivity contribution in [3.8, 4) is 0 Å². The maximum absolute atomic E-state index is 3.78. The Balaban J connectivity index is 3.75. The Morgan fingerprint density at radius 2 is 1.92 bits per heavy atom. The number of hydrogen-bond donors (Lipinski definition) is 0. The second-order valence-corrected chi connectivity index (χ2v) is 3.36. The van der Waals surface area contributed by atoms with Crippen LogP contribution >= 0.6 is 0 Å². The third kappa shape index (κ3) is 5.17. The van der Waals surface area contributed by atoms with Crippen LogP contribution in [0.2, 0.25) is 0 Å². The van der Waals surface area contributed by atoms with Crippen LogP contribution in [-0.4, -0.2) is 0 Å². The Bertz CT molecular complexity index is 142. The summed E-state index contributed by atoms with van der Waals surface area (Å²) in [5.41, 5.74) is 0. The molecule has 12 heavy (non-hydrogen) atoms. The summed E-state index contributed by atoms with van der Waals surface area (Å²) in [6, 6.07) is 0. The largest absolute Gasteiger partial charge is 0.0917 e. The van der Waals surface area contributed by atoms with Crippen LogP contribution in [0.4, 0.5) is 0 Å². The molecule has 0 bridgehead atoms. The molecule has 0 aliphatic carbocycles. The van der Waals surface area contributed by atoms with Crippen LogP contribution < -0.4 is 0 Å². The fraction of sp³-hybridized carbons (Fsp3) is 0.583. The van der Waals surface area contributed by atoms with E-state index >= 15 is 0 Å². The normalized spacial score (nSPS) is 17.3. The Morgan fingerprint density at radius 1 is 1.25 bits per heavy atom. The highest BCUT2D eigenvalue weighted by molar-refractivity contribution is 4.91. The maximum atomic E-state index is 3.78. The van der Waals surface area contributed by atoms with E-state index in [1.165, 1.54) is 6.42 Å². The zero-order valence-corrected chi connectivity index (χ0v) is 8.59. The standard InChI is InChI=1S/C12H21/c1-5-7-9-11(3)12(4)10-8-6-2/h6-9,11-12H,1,5,10H2,2-4H3. The number of rotatable bonds is 5. The maximum Gasteiger partial charge on any atom is -0.0233 e. The molecule has 0 saturated heterocycles. The summed E-state index contributed by atoms with van der Waals surface area (Å²) < 4.78 is 0. The first-order valence-corrected chi connectivity index (χ1v) is 4.79. The predicted octanol–water partition coefficient (Wildman–Crippen LogP) is 4.01. The molecule has 0 rings (SSSR count). The molecule has 2 atom stereocenters. The van der Waals surface area contributed by atoms with Gasteiger partial charge in [0.1, 0.15) is 0 Å². The Labute approximate surface area is 77.4 Å². The minimum absolute atomic E-state index is 0.669. The summed E-state index contributed by atoms with van der Waals surface area (Å²) in [6.07, 6.45) is 10.9. The average Bonchev–Trinajstić information content (AvgIpc) is 2.10. The van der Waals surface area contributed by atoms with E-state index in [2.05, 4.69) is 52.0 Å². The van der Waals surface area contributed by atoms with Crippen LogP contribution in [0.5, 0.6) is 0 Å². The first-order valence-electron chi connectivity index (χ1n) is 4.79. The van der Waals surface area contributed by atoms with Crippen molar-refractivity contribution in [1.82, 2.24) is 0 Å². The molecule has 0 heterocycles. The fourth-order valence-corrected chi connectivity index (χ4v) is 1.07. The summed E-state index contributed by atoms with van der Waals surface area (Å²) >= 11 is 0. The molecule has 0 amide bonds. The first kappa shape index (κ1) is 11.5. The van der Waals surface area contributed by atoms with Gasteiger partial charge in [-0.15, -0.1) is 0 Å². The molecule has 0 heteroatoms. The molecule has 0 saturated carbocycles. The molecule has 0 aromatic rings. The van der Waals surface area contributed by atoms with Crippen molar-refractivity contribution >= 4 is 0 Å². The van der Waals surface area contributed by atoms with Crippen LogP contribution in [-0.2, 0) is 0 Å². The van der Waals surface area contributed by atoms with Gasteiger partial charge in [0.05, 0.1) is 0 Å². The Morgan fingerprint density at radius 3 is 2.42 bits per heavy atom. The second-order valence-electron chi connectivity index (χ2n) is 3.36. The van der Waals surface area contributed by atoms with Gasteiger partial charge in [-0.1, -0.05) is 38.2 Å². The molecule has 2 unspecified atom stereocenters. The zero-order chi connectivity index (χ0) is 9.40. The molecule has 0 spiro atoms. The van der Waals surface area contributed by atoms with Gasteiger partial charge in [0.25, 0.3) is 0 Å². The SMILES string of the molecule is [CH2]CC=CC(C)C(C)CC=CC. The van der Waals surface area contributed by atoms with Crippen LogP contribution in [0.3, 0.4) is 0 Å². The lowest BCUT2D eigenvalue weighted by Crippen LogP contribution is -2.03. The van der Waals surface area contributed by atoms with Gasteiger partial charge >= 0.3 is 0 Å². The molecule has 0 aliphatic rings. The van der Waals surface area contributed by atoms with Gasteiger partial charge in [-0.2, -0.15) is 0 Å².